The largest absolute Gasteiger partial charge is 0.497 e. The van der Waals surface area contributed by atoms with Gasteiger partial charge >= 0.3 is 5.97 Å². The van der Waals surface area contributed by atoms with Crippen molar-refractivity contribution in [2.24, 2.45) is 0 Å². The first-order valence-corrected chi connectivity index (χ1v) is 8.89. The number of hydrogen-bond donors (Lipinski definition) is 2. The monoisotopic (exact) mass is 432 g/mol. The molecule has 0 spiro atoms. The molecular formula is C20H21BrN2O4. The van der Waals surface area contributed by atoms with E-state index in [2.05, 4.69) is 26.0 Å². The standard InChI is InChI=1S/C20H21BrN2O4/c1-23-19(11-18(22)20(24)26-3)17-9-4-14(21)10-13(17)12-27-16-7-5-15(25-2)6-8-16/h4-11,22-23H,12H2,1-3H3/b19-11-,22-18?. The Morgan fingerprint density at radius 3 is 2.41 bits per heavy atom. The summed E-state index contributed by atoms with van der Waals surface area (Å²) in [5, 5.41) is 10.8. The van der Waals surface area contributed by atoms with Gasteiger partial charge in [-0.15, -0.1) is 0 Å². The van der Waals surface area contributed by atoms with Crippen LogP contribution in [0.2, 0.25) is 0 Å². The van der Waals surface area contributed by atoms with E-state index in [0.29, 0.717) is 18.1 Å². The minimum atomic E-state index is -0.698. The summed E-state index contributed by atoms with van der Waals surface area (Å²) in [6.45, 7) is 0.311. The molecule has 142 valence electrons. The molecule has 0 fully saturated rings. The topological polar surface area (TPSA) is 80.6 Å². The number of carbonyl (C=O) groups excluding carboxylic acids is 1. The first kappa shape index (κ1) is 20.5. The molecule has 7 heteroatoms. The Kier molecular flexibility index (Phi) is 7.43. The number of ether oxygens (including phenoxy) is 3. The summed E-state index contributed by atoms with van der Waals surface area (Å²) in [7, 11) is 4.59. The van der Waals surface area contributed by atoms with E-state index in [1.807, 2.05) is 42.5 Å². The van der Waals surface area contributed by atoms with Crippen LogP contribution in [0.5, 0.6) is 11.5 Å². The molecule has 0 unspecified atom stereocenters. The molecule has 0 heterocycles. The lowest BCUT2D eigenvalue weighted by atomic mass is 10.0. The molecule has 2 aromatic rings. The van der Waals surface area contributed by atoms with Gasteiger partial charge in [0.05, 0.1) is 14.2 Å². The Morgan fingerprint density at radius 2 is 1.81 bits per heavy atom. The fourth-order valence-corrected chi connectivity index (χ4v) is 2.78. The predicted octanol–water partition coefficient (Wildman–Crippen LogP) is 3.79. The zero-order valence-corrected chi connectivity index (χ0v) is 16.9. The van der Waals surface area contributed by atoms with Crippen LogP contribution in [0.15, 0.2) is 53.0 Å². The van der Waals surface area contributed by atoms with Crippen molar-refractivity contribution in [3.63, 3.8) is 0 Å². The van der Waals surface area contributed by atoms with Gasteiger partial charge in [-0.2, -0.15) is 0 Å². The zero-order valence-electron chi connectivity index (χ0n) is 15.3. The third kappa shape index (κ3) is 5.59. The molecule has 0 aliphatic heterocycles. The summed E-state index contributed by atoms with van der Waals surface area (Å²) in [6.07, 6.45) is 1.44. The highest BCUT2D eigenvalue weighted by Crippen LogP contribution is 2.24. The second kappa shape index (κ2) is 9.78. The molecule has 2 N–H and O–H groups in total. The normalized spacial score (nSPS) is 10.9. The van der Waals surface area contributed by atoms with Gasteiger partial charge in [-0.25, -0.2) is 4.79 Å². The van der Waals surface area contributed by atoms with E-state index in [0.717, 1.165) is 21.3 Å². The van der Waals surface area contributed by atoms with E-state index in [1.165, 1.54) is 13.2 Å². The number of benzene rings is 2. The lowest BCUT2D eigenvalue weighted by Gasteiger charge is -2.15. The lowest BCUT2D eigenvalue weighted by molar-refractivity contribution is -0.132. The minimum absolute atomic E-state index is 0.244. The van der Waals surface area contributed by atoms with Crippen LogP contribution in [0, 0.1) is 5.41 Å². The van der Waals surface area contributed by atoms with Crippen LogP contribution in [0.3, 0.4) is 0 Å². The number of halogens is 1. The highest BCUT2D eigenvalue weighted by atomic mass is 79.9. The highest BCUT2D eigenvalue weighted by Gasteiger charge is 2.13. The molecule has 0 aliphatic carbocycles. The molecule has 2 rings (SSSR count). The van der Waals surface area contributed by atoms with Gasteiger partial charge in [0, 0.05) is 22.8 Å². The SMILES string of the molecule is CN/C(=C\C(=N)C(=O)OC)c1ccc(Br)cc1COc1ccc(OC)cc1. The second-order valence-corrected chi connectivity index (χ2v) is 6.39. The van der Waals surface area contributed by atoms with E-state index in [4.69, 9.17) is 14.9 Å². The van der Waals surface area contributed by atoms with Gasteiger partial charge in [0.25, 0.3) is 0 Å². The summed E-state index contributed by atoms with van der Waals surface area (Å²) < 4.78 is 16.5. The maximum absolute atomic E-state index is 11.5. The molecule has 0 saturated carbocycles. The van der Waals surface area contributed by atoms with Crippen LogP contribution in [-0.4, -0.2) is 32.9 Å². The average Bonchev–Trinajstić information content (AvgIpc) is 2.70. The van der Waals surface area contributed by atoms with Crippen molar-refractivity contribution in [3.05, 3.63) is 64.1 Å². The van der Waals surface area contributed by atoms with Crippen molar-refractivity contribution < 1.29 is 19.0 Å². The van der Waals surface area contributed by atoms with Crippen LogP contribution in [0.25, 0.3) is 5.70 Å². The molecule has 0 amide bonds. The third-order valence-electron chi connectivity index (χ3n) is 3.77. The van der Waals surface area contributed by atoms with E-state index in [1.54, 1.807) is 14.2 Å². The fourth-order valence-electron chi connectivity index (χ4n) is 2.38. The zero-order chi connectivity index (χ0) is 19.8. The molecule has 6 nitrogen and oxygen atoms in total. The van der Waals surface area contributed by atoms with E-state index in [-0.39, 0.29) is 5.71 Å². The van der Waals surface area contributed by atoms with Crippen molar-refractivity contribution in [2.45, 2.75) is 6.61 Å². The Hall–Kier alpha value is -2.80. The van der Waals surface area contributed by atoms with Crippen LogP contribution in [0.1, 0.15) is 11.1 Å². The molecule has 0 radical (unpaired) electrons. The Morgan fingerprint density at radius 1 is 1.15 bits per heavy atom. The Bertz CT molecular complexity index is 848. The molecule has 0 aliphatic rings. The third-order valence-corrected chi connectivity index (χ3v) is 4.27. The number of nitrogens with one attached hydrogen (secondary N) is 2. The molecule has 0 atom stereocenters. The van der Waals surface area contributed by atoms with E-state index < -0.39 is 5.97 Å². The Balaban J connectivity index is 2.27. The van der Waals surface area contributed by atoms with Crippen LogP contribution >= 0.6 is 15.9 Å². The number of carbonyl (C=O) groups is 1. The van der Waals surface area contributed by atoms with Crippen LogP contribution < -0.4 is 14.8 Å². The van der Waals surface area contributed by atoms with Gasteiger partial charge in [-0.3, -0.25) is 5.41 Å². The molecule has 0 saturated heterocycles. The van der Waals surface area contributed by atoms with Gasteiger partial charge in [-0.05, 0) is 48.0 Å². The summed E-state index contributed by atoms with van der Waals surface area (Å²) in [5.41, 5.74) is 2.08. The number of rotatable bonds is 8. The van der Waals surface area contributed by atoms with Gasteiger partial charge in [0.1, 0.15) is 23.8 Å². The van der Waals surface area contributed by atoms with Gasteiger partial charge < -0.3 is 19.5 Å². The van der Waals surface area contributed by atoms with Crippen molar-refractivity contribution in [3.8, 4) is 11.5 Å². The summed E-state index contributed by atoms with van der Waals surface area (Å²) >= 11 is 3.47. The number of methoxy groups -OCH3 is 2. The molecular weight excluding hydrogens is 412 g/mol. The maximum atomic E-state index is 11.5. The smallest absolute Gasteiger partial charge is 0.356 e. The van der Waals surface area contributed by atoms with Crippen molar-refractivity contribution in [2.75, 3.05) is 21.3 Å². The van der Waals surface area contributed by atoms with Crippen molar-refractivity contribution in [1.29, 1.82) is 5.41 Å². The van der Waals surface area contributed by atoms with Crippen molar-refractivity contribution in [1.82, 2.24) is 5.32 Å². The number of esters is 1. The quantitative estimate of drug-likeness (QED) is 0.489. The van der Waals surface area contributed by atoms with Crippen LogP contribution in [0.4, 0.5) is 0 Å². The minimum Gasteiger partial charge on any atom is -0.497 e. The predicted molar refractivity (Wildman–Crippen MR) is 108 cm³/mol. The summed E-state index contributed by atoms with van der Waals surface area (Å²) in [4.78, 5) is 11.5. The first-order chi connectivity index (χ1) is 13.0. The lowest BCUT2D eigenvalue weighted by Crippen LogP contribution is -2.16. The van der Waals surface area contributed by atoms with Gasteiger partial charge in [-0.1, -0.05) is 22.0 Å². The summed E-state index contributed by atoms with van der Waals surface area (Å²) in [6, 6.07) is 13.0. The molecule has 0 aromatic heterocycles. The van der Waals surface area contributed by atoms with Crippen LogP contribution in [-0.2, 0) is 16.1 Å². The Labute approximate surface area is 166 Å². The highest BCUT2D eigenvalue weighted by molar-refractivity contribution is 9.10. The van der Waals surface area contributed by atoms with Gasteiger partial charge in [0.15, 0.2) is 0 Å². The van der Waals surface area contributed by atoms with Gasteiger partial charge in [0.2, 0.25) is 0 Å². The molecule has 27 heavy (non-hydrogen) atoms. The maximum Gasteiger partial charge on any atom is 0.356 e. The average molecular weight is 433 g/mol. The van der Waals surface area contributed by atoms with E-state index >= 15 is 0 Å². The molecule has 0 bridgehead atoms. The van der Waals surface area contributed by atoms with Crippen molar-refractivity contribution >= 4 is 33.3 Å². The fraction of sp³-hybridized carbons (Fsp3) is 0.200. The second-order valence-electron chi connectivity index (χ2n) is 5.48. The molecule has 2 aromatic carbocycles. The van der Waals surface area contributed by atoms with E-state index in [9.17, 15) is 4.79 Å². The summed E-state index contributed by atoms with van der Waals surface area (Å²) in [5.74, 6) is 0.766. The first-order valence-electron chi connectivity index (χ1n) is 8.10. The number of hydrogen-bond acceptors (Lipinski definition) is 6.